The molecule has 4 heterocycles. The number of nitrogens with two attached hydrogens (primary N) is 2. The number of rotatable bonds is 13. The lowest BCUT2D eigenvalue weighted by Crippen LogP contribution is -2.43. The van der Waals surface area contributed by atoms with Gasteiger partial charge in [-0.3, -0.25) is 4.79 Å². The van der Waals surface area contributed by atoms with Gasteiger partial charge in [0.05, 0.1) is 53.6 Å². The second-order valence-corrected chi connectivity index (χ2v) is 25.7. The number of halogens is 3. The van der Waals surface area contributed by atoms with Crippen LogP contribution in [0.3, 0.4) is 0 Å². The van der Waals surface area contributed by atoms with E-state index in [1.807, 2.05) is 48.8 Å². The van der Waals surface area contributed by atoms with Crippen molar-refractivity contribution >= 4 is 66.5 Å². The maximum atomic E-state index is 13.3. The lowest BCUT2D eigenvalue weighted by Gasteiger charge is -2.37. The predicted molar refractivity (Wildman–Crippen MR) is 275 cm³/mol. The highest BCUT2D eigenvalue weighted by molar-refractivity contribution is 8.00. The second-order valence-electron chi connectivity index (χ2n) is 18.9. The molecule has 0 radical (unpaired) electrons. The first-order valence-corrected chi connectivity index (χ1v) is 28.7. The number of piperidine rings is 2. The van der Waals surface area contributed by atoms with E-state index < -0.39 is 32.2 Å². The number of hydrogen-bond donors (Lipinski definition) is 5. The van der Waals surface area contributed by atoms with E-state index >= 15 is 0 Å². The van der Waals surface area contributed by atoms with Gasteiger partial charge in [-0.15, -0.1) is 0 Å². The molecule has 0 bridgehead atoms. The zero-order chi connectivity index (χ0) is 50.3. The first kappa shape index (κ1) is 55.7. The minimum Gasteiger partial charge on any atom is -0.400 e. The van der Waals surface area contributed by atoms with Gasteiger partial charge in [0.2, 0.25) is 12.0 Å². The van der Waals surface area contributed by atoms with E-state index in [0.29, 0.717) is 50.1 Å². The summed E-state index contributed by atoms with van der Waals surface area (Å²) in [6.07, 6.45) is 1.58. The van der Waals surface area contributed by atoms with Crippen molar-refractivity contribution in [2.45, 2.75) is 103 Å². The van der Waals surface area contributed by atoms with Gasteiger partial charge in [-0.1, -0.05) is 53.9 Å². The number of para-hydroxylation sites is 2. The molecule has 0 saturated carbocycles. The lowest BCUT2D eigenvalue weighted by molar-refractivity contribution is -0.137. The summed E-state index contributed by atoms with van der Waals surface area (Å²) in [5.74, 6) is 0.909. The number of amides is 1. The standard InChI is InChI=1S/C24H31N3O2S.C22H26F3N3OS.C4H9NOSi.CH4O/c1-17-6-8-23-21(14-17)27(20-4-2-3-5-22(20)30-23)16-19(28)15-26-12-10-18(11-13-26)7-9-24(25)29;23-22(24,25)16-5-6-21-19(11-16)28(18-3-1-2-4-20(18)30-21)14-17(29)13-27-9-7-15(12-26)8-10-27;1-7(2,3)5-4-6;1-2/h2-6,8,14,18-19,28H,7,9-13,15-16H2,1H3,(H2,25,29);1-6,11,15,17,29H,7-10,12-14,26H2;1-3H3;2H,1H3. The third-order valence-electron chi connectivity index (χ3n) is 12.4. The number of hydrogen-bond acceptors (Lipinski definition) is 13. The Bertz CT molecular complexity index is 2320. The number of alkyl halides is 3. The fraction of sp³-hybridized carbons (Fsp3) is 0.490. The van der Waals surface area contributed by atoms with E-state index in [0.717, 1.165) is 86.9 Å². The van der Waals surface area contributed by atoms with E-state index in [2.05, 4.69) is 68.7 Å². The third kappa shape index (κ3) is 16.7. The normalized spacial score (nSPS) is 17.1. The van der Waals surface area contributed by atoms with E-state index in [1.54, 1.807) is 17.8 Å². The minimum absolute atomic E-state index is 0.205. The average Bonchev–Trinajstić information content (AvgIpc) is 3.32. The van der Waals surface area contributed by atoms with Crippen LogP contribution in [0.25, 0.3) is 0 Å². The van der Waals surface area contributed by atoms with Gasteiger partial charge in [-0.05, 0) is 163 Å². The van der Waals surface area contributed by atoms with Gasteiger partial charge in [0, 0.05) is 46.2 Å². The number of likely N-dealkylation sites (tertiary alicyclic amines) is 2. The number of isocyanates is 1. The van der Waals surface area contributed by atoms with Gasteiger partial charge < -0.3 is 46.4 Å². The zero-order valence-corrected chi connectivity index (χ0v) is 43.1. The van der Waals surface area contributed by atoms with Crippen LogP contribution in [-0.4, -0.2) is 124 Å². The Morgan fingerprint density at radius 1 is 0.725 bits per heavy atom. The monoisotopic (exact) mass is 1010 g/mol. The quantitative estimate of drug-likeness (QED) is 0.0490. The number of primary amides is 1. The Kier molecular flexibility index (Phi) is 21.2. The number of carbonyl (C=O) groups is 1. The molecule has 376 valence electrons. The molecule has 18 heteroatoms. The molecule has 4 aliphatic heterocycles. The highest BCUT2D eigenvalue weighted by atomic mass is 32.2. The highest BCUT2D eigenvalue weighted by Gasteiger charge is 2.34. The molecule has 0 aliphatic carbocycles. The molecule has 4 aliphatic rings. The van der Waals surface area contributed by atoms with Crippen molar-refractivity contribution in [2.75, 3.05) is 75.8 Å². The Hall–Kier alpha value is -4.20. The summed E-state index contributed by atoms with van der Waals surface area (Å²) in [6.45, 7) is 14.5. The summed E-state index contributed by atoms with van der Waals surface area (Å²) in [5, 5.41) is 28.8. The molecule has 2 atom stereocenters. The number of anilines is 4. The predicted octanol–water partition coefficient (Wildman–Crippen LogP) is 9.04. The maximum Gasteiger partial charge on any atom is 0.416 e. The second kappa shape index (κ2) is 26.3. The van der Waals surface area contributed by atoms with Crippen molar-refractivity contribution in [1.29, 1.82) is 0 Å². The van der Waals surface area contributed by atoms with Crippen molar-refractivity contribution in [3.05, 3.63) is 96.1 Å². The molecule has 7 N–H and O–H groups in total. The Balaban J connectivity index is 0.000000219. The lowest BCUT2D eigenvalue weighted by atomic mass is 9.92. The number of fused-ring (bicyclic) bond motifs is 4. The average molecular weight is 1010 g/mol. The van der Waals surface area contributed by atoms with Crippen LogP contribution in [0.1, 0.15) is 49.7 Å². The van der Waals surface area contributed by atoms with E-state index in [1.165, 1.54) is 50.6 Å². The fourth-order valence-electron chi connectivity index (χ4n) is 8.82. The van der Waals surface area contributed by atoms with Gasteiger partial charge in [-0.2, -0.15) is 13.2 Å². The number of carbonyl (C=O) groups excluding carboxylic acids is 2. The Morgan fingerprint density at radius 2 is 1.17 bits per heavy atom. The van der Waals surface area contributed by atoms with Crippen molar-refractivity contribution in [2.24, 2.45) is 28.0 Å². The van der Waals surface area contributed by atoms with Gasteiger partial charge in [0.1, 0.15) is 0 Å². The van der Waals surface area contributed by atoms with Crippen molar-refractivity contribution in [1.82, 2.24) is 9.80 Å². The van der Waals surface area contributed by atoms with Crippen molar-refractivity contribution < 1.29 is 38.1 Å². The molecule has 1 amide bonds. The van der Waals surface area contributed by atoms with Gasteiger partial charge in [-0.25, -0.2) is 9.45 Å². The molecule has 0 spiro atoms. The minimum atomic E-state index is -4.41. The number of nitrogens with zero attached hydrogens (tertiary/aromatic N) is 5. The molecular formula is C51H70F3N7O5S2Si. The summed E-state index contributed by atoms with van der Waals surface area (Å²) < 4.78 is 43.6. The summed E-state index contributed by atoms with van der Waals surface area (Å²) in [5.41, 5.74) is 15.3. The largest absolute Gasteiger partial charge is 0.416 e. The van der Waals surface area contributed by atoms with Crippen LogP contribution >= 0.6 is 23.5 Å². The van der Waals surface area contributed by atoms with Gasteiger partial charge >= 0.3 is 6.18 Å². The number of aliphatic hydroxyl groups is 3. The van der Waals surface area contributed by atoms with Crippen LogP contribution in [0.2, 0.25) is 19.6 Å². The van der Waals surface area contributed by atoms with Crippen LogP contribution in [0.15, 0.2) is 109 Å². The number of aryl methyl sites for hydroxylation is 1. The molecule has 4 aromatic carbocycles. The summed E-state index contributed by atoms with van der Waals surface area (Å²) >= 11 is 3.26. The van der Waals surface area contributed by atoms with E-state index in [4.69, 9.17) is 16.6 Å². The van der Waals surface area contributed by atoms with Crippen LogP contribution in [0.4, 0.5) is 35.9 Å². The van der Waals surface area contributed by atoms with Crippen molar-refractivity contribution in [3.63, 3.8) is 0 Å². The Morgan fingerprint density at radius 3 is 1.61 bits per heavy atom. The summed E-state index contributed by atoms with van der Waals surface area (Å²) in [6, 6.07) is 26.5. The molecule has 4 aromatic rings. The van der Waals surface area contributed by atoms with E-state index in [9.17, 15) is 33.0 Å². The topological polar surface area (TPSA) is 172 Å². The molecule has 0 aromatic heterocycles. The number of β-amino-alcohol motifs (C(OH)–C–C–N with tert-alkyl or cyclic N) is 2. The van der Waals surface area contributed by atoms with Gasteiger partial charge in [0.15, 0.2) is 8.24 Å². The maximum absolute atomic E-state index is 13.3. The van der Waals surface area contributed by atoms with Crippen LogP contribution in [-0.2, 0) is 15.8 Å². The molecule has 2 unspecified atom stereocenters. The SMILES string of the molecule is CO.C[Si](C)(C)N=C=O.Cc1ccc2c(c1)N(CC(O)CN1CCC(CCC(N)=O)CC1)c1ccccc1S2.NCC1CCN(CC(O)CN2c3ccccc3Sc3ccc(C(F)(F)F)cc32)CC1. The van der Waals surface area contributed by atoms with Crippen LogP contribution in [0.5, 0.6) is 0 Å². The first-order valence-electron chi connectivity index (χ1n) is 23.6. The number of aliphatic hydroxyl groups excluding tert-OH is 3. The fourth-order valence-corrected chi connectivity index (χ4v) is 11.2. The smallest absolute Gasteiger partial charge is 0.400 e. The molecule has 2 saturated heterocycles. The highest BCUT2D eigenvalue weighted by Crippen LogP contribution is 2.50. The molecule has 8 rings (SSSR count). The summed E-state index contributed by atoms with van der Waals surface area (Å²) in [7, 11) is -0.456. The number of benzene rings is 4. The molecule has 12 nitrogen and oxygen atoms in total. The third-order valence-corrected chi connectivity index (χ3v) is 15.4. The molecular weight excluding hydrogens is 940 g/mol. The van der Waals surface area contributed by atoms with Gasteiger partial charge in [0.25, 0.3) is 0 Å². The summed E-state index contributed by atoms with van der Waals surface area (Å²) in [4.78, 5) is 33.5. The first-order chi connectivity index (χ1) is 32.9. The zero-order valence-electron chi connectivity index (χ0n) is 40.5. The van der Waals surface area contributed by atoms with Crippen molar-refractivity contribution in [3.8, 4) is 0 Å². The van der Waals surface area contributed by atoms with Crippen LogP contribution in [0, 0.1) is 18.8 Å². The Labute approximate surface area is 415 Å². The molecule has 69 heavy (non-hydrogen) atoms. The van der Waals surface area contributed by atoms with E-state index in [-0.39, 0.29) is 12.5 Å². The van der Waals surface area contributed by atoms with Crippen LogP contribution < -0.4 is 21.3 Å². The molecule has 2 fully saturated rings.